The van der Waals surface area contributed by atoms with E-state index in [9.17, 15) is 9.18 Å². The fourth-order valence-electron chi connectivity index (χ4n) is 4.64. The SMILES string of the molecule is O=C(NCc1ccco1)c1csc(CN(CCC(c2ccccc2)c2ccccc2)Cc2ccccc2F)n1. The highest BCUT2D eigenvalue weighted by Crippen LogP contribution is 2.29. The Morgan fingerprint density at radius 1 is 0.897 bits per heavy atom. The van der Waals surface area contributed by atoms with Crippen molar-refractivity contribution in [1.29, 1.82) is 0 Å². The van der Waals surface area contributed by atoms with Gasteiger partial charge in [0, 0.05) is 23.4 Å². The van der Waals surface area contributed by atoms with Crippen LogP contribution in [-0.4, -0.2) is 22.3 Å². The van der Waals surface area contributed by atoms with Crippen molar-refractivity contribution < 1.29 is 13.6 Å². The molecule has 0 bridgehead atoms. The van der Waals surface area contributed by atoms with Crippen LogP contribution in [0.25, 0.3) is 0 Å². The van der Waals surface area contributed by atoms with Crippen LogP contribution >= 0.6 is 11.3 Å². The fraction of sp³-hybridized carbons (Fsp3) is 0.188. The molecule has 39 heavy (non-hydrogen) atoms. The number of aromatic nitrogens is 1. The number of nitrogens with zero attached hydrogens (tertiary/aromatic N) is 2. The van der Waals surface area contributed by atoms with Crippen molar-refractivity contribution in [2.45, 2.75) is 32.0 Å². The average molecular weight is 540 g/mol. The standard InChI is InChI=1S/C32H30FN3O2S/c33-29-16-8-7-14-26(29)21-36(18-17-28(24-10-3-1-4-11-24)25-12-5-2-6-13-25)22-31-35-30(23-39-31)32(37)34-20-27-15-9-19-38-27/h1-16,19,23,28H,17-18,20-22H2,(H,34,37). The van der Waals surface area contributed by atoms with Gasteiger partial charge in [-0.2, -0.15) is 0 Å². The lowest BCUT2D eigenvalue weighted by Crippen LogP contribution is -2.26. The number of hydrogen-bond donors (Lipinski definition) is 1. The Labute approximate surface area is 232 Å². The molecule has 0 saturated heterocycles. The number of carbonyl (C=O) groups excluding carboxylic acids is 1. The summed E-state index contributed by atoms with van der Waals surface area (Å²) in [7, 11) is 0. The van der Waals surface area contributed by atoms with Crippen LogP contribution in [0.15, 0.2) is 113 Å². The summed E-state index contributed by atoms with van der Waals surface area (Å²) in [4.78, 5) is 19.4. The van der Waals surface area contributed by atoms with Crippen LogP contribution in [-0.2, 0) is 19.6 Å². The number of benzene rings is 3. The summed E-state index contributed by atoms with van der Waals surface area (Å²) in [5.74, 6) is 0.418. The van der Waals surface area contributed by atoms with Gasteiger partial charge in [-0.1, -0.05) is 78.9 Å². The zero-order chi connectivity index (χ0) is 26.9. The second-order valence-corrected chi connectivity index (χ2v) is 10.3. The summed E-state index contributed by atoms with van der Waals surface area (Å²) in [6.45, 7) is 1.99. The van der Waals surface area contributed by atoms with Crippen LogP contribution in [0.4, 0.5) is 4.39 Å². The Balaban J connectivity index is 1.32. The van der Waals surface area contributed by atoms with E-state index >= 15 is 0 Å². The van der Waals surface area contributed by atoms with Crippen LogP contribution in [0.3, 0.4) is 0 Å². The number of hydrogen-bond acceptors (Lipinski definition) is 5. The molecule has 0 spiro atoms. The second-order valence-electron chi connectivity index (χ2n) is 9.35. The number of rotatable bonds is 12. The molecule has 2 aromatic heterocycles. The van der Waals surface area contributed by atoms with Gasteiger partial charge in [0.05, 0.1) is 19.4 Å². The molecule has 0 radical (unpaired) electrons. The molecule has 0 aliphatic carbocycles. The Morgan fingerprint density at radius 3 is 2.26 bits per heavy atom. The van der Waals surface area contributed by atoms with Crippen molar-refractivity contribution >= 4 is 17.2 Å². The number of halogens is 1. The second kappa shape index (κ2) is 13.1. The van der Waals surface area contributed by atoms with Gasteiger partial charge in [-0.3, -0.25) is 9.69 Å². The van der Waals surface area contributed by atoms with Gasteiger partial charge in [0.1, 0.15) is 22.3 Å². The fourth-order valence-corrected chi connectivity index (χ4v) is 5.46. The zero-order valence-corrected chi connectivity index (χ0v) is 22.3. The predicted molar refractivity (Wildman–Crippen MR) is 152 cm³/mol. The lowest BCUT2D eigenvalue weighted by molar-refractivity contribution is 0.0943. The van der Waals surface area contributed by atoms with Gasteiger partial charge in [0.2, 0.25) is 0 Å². The molecule has 2 heterocycles. The first-order chi connectivity index (χ1) is 19.2. The molecule has 3 aromatic carbocycles. The van der Waals surface area contributed by atoms with Gasteiger partial charge in [0.25, 0.3) is 5.91 Å². The number of thiazole rings is 1. The van der Waals surface area contributed by atoms with Crippen LogP contribution < -0.4 is 5.32 Å². The molecule has 0 unspecified atom stereocenters. The first kappa shape index (κ1) is 26.5. The summed E-state index contributed by atoms with van der Waals surface area (Å²) >= 11 is 1.44. The lowest BCUT2D eigenvalue weighted by atomic mass is 9.88. The van der Waals surface area contributed by atoms with Crippen LogP contribution in [0, 0.1) is 5.82 Å². The van der Waals surface area contributed by atoms with Gasteiger partial charge < -0.3 is 9.73 Å². The van der Waals surface area contributed by atoms with E-state index in [2.05, 4.69) is 63.7 Å². The molecule has 198 valence electrons. The Morgan fingerprint density at radius 2 is 1.59 bits per heavy atom. The average Bonchev–Trinajstić information content (AvgIpc) is 3.67. The summed E-state index contributed by atoms with van der Waals surface area (Å²) in [6, 6.07) is 31.4. The van der Waals surface area contributed by atoms with Gasteiger partial charge in [-0.05, 0) is 42.3 Å². The molecule has 0 aliphatic heterocycles. The Hall–Kier alpha value is -4.07. The van der Waals surface area contributed by atoms with Gasteiger partial charge in [-0.25, -0.2) is 9.37 Å². The lowest BCUT2D eigenvalue weighted by Gasteiger charge is -2.25. The smallest absolute Gasteiger partial charge is 0.271 e. The molecule has 7 heteroatoms. The molecule has 1 N–H and O–H groups in total. The third-order valence-electron chi connectivity index (χ3n) is 6.64. The monoisotopic (exact) mass is 539 g/mol. The molecular formula is C32H30FN3O2S. The van der Waals surface area contributed by atoms with Crippen molar-refractivity contribution in [1.82, 2.24) is 15.2 Å². The molecule has 5 nitrogen and oxygen atoms in total. The summed E-state index contributed by atoms with van der Waals surface area (Å²) in [5, 5.41) is 5.42. The maximum absolute atomic E-state index is 14.6. The third kappa shape index (κ3) is 7.28. The van der Waals surface area contributed by atoms with E-state index in [1.165, 1.54) is 28.5 Å². The molecule has 0 saturated carbocycles. The van der Waals surface area contributed by atoms with E-state index in [1.54, 1.807) is 23.8 Å². The predicted octanol–water partition coefficient (Wildman–Crippen LogP) is 7.03. The van der Waals surface area contributed by atoms with E-state index in [-0.39, 0.29) is 17.6 Å². The minimum atomic E-state index is -0.247. The van der Waals surface area contributed by atoms with Gasteiger partial charge in [-0.15, -0.1) is 11.3 Å². The summed E-state index contributed by atoms with van der Waals surface area (Å²) in [6.07, 6.45) is 2.43. The molecule has 5 rings (SSSR count). The highest BCUT2D eigenvalue weighted by Gasteiger charge is 2.19. The summed E-state index contributed by atoms with van der Waals surface area (Å²) in [5.41, 5.74) is 3.51. The molecule has 0 atom stereocenters. The Bertz CT molecular complexity index is 1420. The zero-order valence-electron chi connectivity index (χ0n) is 21.5. The normalized spacial score (nSPS) is 11.3. The minimum absolute atomic E-state index is 0.203. The van der Waals surface area contributed by atoms with E-state index in [1.807, 2.05) is 30.3 Å². The van der Waals surface area contributed by atoms with E-state index in [0.717, 1.165) is 18.0 Å². The van der Waals surface area contributed by atoms with E-state index in [4.69, 9.17) is 4.42 Å². The number of amides is 1. The largest absolute Gasteiger partial charge is 0.467 e. The highest BCUT2D eigenvalue weighted by atomic mass is 32.1. The van der Waals surface area contributed by atoms with Gasteiger partial charge in [0.15, 0.2) is 0 Å². The molecule has 0 fully saturated rings. The van der Waals surface area contributed by atoms with E-state index in [0.29, 0.717) is 36.7 Å². The minimum Gasteiger partial charge on any atom is -0.467 e. The van der Waals surface area contributed by atoms with Gasteiger partial charge >= 0.3 is 0 Å². The maximum Gasteiger partial charge on any atom is 0.271 e. The maximum atomic E-state index is 14.6. The van der Waals surface area contributed by atoms with Crippen LogP contribution in [0.2, 0.25) is 0 Å². The molecular weight excluding hydrogens is 509 g/mol. The van der Waals surface area contributed by atoms with Crippen molar-refractivity contribution in [3.8, 4) is 0 Å². The topological polar surface area (TPSA) is 58.4 Å². The molecule has 0 aliphatic rings. The molecule has 5 aromatic rings. The van der Waals surface area contributed by atoms with Crippen molar-refractivity contribution in [3.05, 3.63) is 148 Å². The summed E-state index contributed by atoms with van der Waals surface area (Å²) < 4.78 is 19.9. The number of carbonyl (C=O) groups is 1. The Kier molecular flexibility index (Phi) is 8.94. The van der Waals surface area contributed by atoms with Crippen molar-refractivity contribution in [2.75, 3.05) is 6.54 Å². The van der Waals surface area contributed by atoms with Crippen molar-refractivity contribution in [2.24, 2.45) is 0 Å². The van der Waals surface area contributed by atoms with Crippen LogP contribution in [0.5, 0.6) is 0 Å². The van der Waals surface area contributed by atoms with Crippen LogP contribution in [0.1, 0.15) is 50.3 Å². The molecule has 1 amide bonds. The van der Waals surface area contributed by atoms with E-state index < -0.39 is 0 Å². The highest BCUT2D eigenvalue weighted by molar-refractivity contribution is 7.09. The first-order valence-corrected chi connectivity index (χ1v) is 13.8. The number of furan rings is 1. The quantitative estimate of drug-likeness (QED) is 0.185. The van der Waals surface area contributed by atoms with Crippen molar-refractivity contribution in [3.63, 3.8) is 0 Å². The first-order valence-electron chi connectivity index (χ1n) is 13.0. The number of nitrogens with one attached hydrogen (secondary N) is 1. The third-order valence-corrected chi connectivity index (χ3v) is 7.47.